The van der Waals surface area contributed by atoms with Gasteiger partial charge in [0.25, 0.3) is 0 Å². The molecule has 0 unspecified atom stereocenters. The highest BCUT2D eigenvalue weighted by Crippen LogP contribution is 2.28. The normalized spacial score (nSPS) is 19.6. The molecule has 12 nitrogen and oxygen atoms in total. The maximum Gasteiger partial charge on any atom is 0.322 e. The fraction of sp³-hybridized carbons (Fsp3) is 0.526. The zero-order valence-corrected chi connectivity index (χ0v) is 29.2. The Morgan fingerprint density at radius 2 is 1.54 bits per heavy atom. The molecule has 0 radical (unpaired) electrons. The topological polar surface area (TPSA) is 127 Å². The van der Waals surface area contributed by atoms with E-state index in [1.165, 1.54) is 19.3 Å². The molecule has 4 aliphatic rings. The van der Waals surface area contributed by atoms with Crippen molar-refractivity contribution in [2.24, 2.45) is 0 Å². The fourth-order valence-electron chi connectivity index (χ4n) is 7.73. The second-order valence-electron chi connectivity index (χ2n) is 13.8. The van der Waals surface area contributed by atoms with E-state index in [0.717, 1.165) is 42.7 Å². The van der Waals surface area contributed by atoms with Gasteiger partial charge in [-0.15, -0.1) is 0 Å². The number of ether oxygens (including phenoxy) is 1. The number of piperidine rings is 3. The summed E-state index contributed by atoms with van der Waals surface area (Å²) in [6, 6.07) is 13.7. The zero-order valence-electron chi connectivity index (χ0n) is 29.2. The first kappa shape index (κ1) is 35.3. The predicted octanol–water partition coefficient (Wildman–Crippen LogP) is 5.09. The summed E-state index contributed by atoms with van der Waals surface area (Å²) in [6.07, 6.45) is 6.66. The Morgan fingerprint density at radius 3 is 2.24 bits per heavy atom. The van der Waals surface area contributed by atoms with Gasteiger partial charge in [-0.1, -0.05) is 31.2 Å². The quantitative estimate of drug-likeness (QED) is 0.299. The van der Waals surface area contributed by atoms with Crippen LogP contribution in [0.1, 0.15) is 69.4 Å². The number of hydrogen-bond acceptors (Lipinski definition) is 6. The summed E-state index contributed by atoms with van der Waals surface area (Å²) in [5.41, 5.74) is 3.26. The molecule has 268 valence electrons. The number of benzene rings is 2. The van der Waals surface area contributed by atoms with E-state index in [9.17, 15) is 19.2 Å². The van der Waals surface area contributed by atoms with Crippen LogP contribution in [0.3, 0.4) is 0 Å². The van der Waals surface area contributed by atoms with E-state index < -0.39 is 12.1 Å². The molecule has 2 aromatic rings. The Hall–Kier alpha value is -4.58. The number of anilines is 2. The van der Waals surface area contributed by atoms with Gasteiger partial charge < -0.3 is 40.3 Å². The molecule has 6 amide bonds. The van der Waals surface area contributed by atoms with E-state index in [-0.39, 0.29) is 30.3 Å². The lowest BCUT2D eigenvalue weighted by Gasteiger charge is -2.41. The van der Waals surface area contributed by atoms with Gasteiger partial charge in [-0.3, -0.25) is 9.59 Å². The van der Waals surface area contributed by atoms with Crippen LogP contribution in [0.5, 0.6) is 0 Å². The van der Waals surface area contributed by atoms with E-state index in [0.29, 0.717) is 69.7 Å². The largest absolute Gasteiger partial charge is 0.494 e. The van der Waals surface area contributed by atoms with Crippen LogP contribution >= 0.6 is 0 Å². The predicted molar refractivity (Wildman–Crippen MR) is 193 cm³/mol. The van der Waals surface area contributed by atoms with E-state index in [1.807, 2.05) is 53.1 Å². The molecule has 3 N–H and O–H groups in total. The molecule has 4 heterocycles. The number of nitrogens with zero attached hydrogens (tertiary/aromatic N) is 4. The van der Waals surface area contributed by atoms with Crippen molar-refractivity contribution in [2.45, 2.75) is 83.0 Å². The van der Waals surface area contributed by atoms with Crippen LogP contribution in [-0.2, 0) is 20.9 Å². The summed E-state index contributed by atoms with van der Waals surface area (Å²) < 4.78 is 5.47. The number of carbonyl (C=O) groups excluding carboxylic acids is 4. The Labute approximate surface area is 295 Å². The second-order valence-corrected chi connectivity index (χ2v) is 13.8. The highest BCUT2D eigenvalue weighted by molar-refractivity contribution is 5.96. The fourth-order valence-corrected chi connectivity index (χ4v) is 7.73. The first-order valence-corrected chi connectivity index (χ1v) is 18.2. The van der Waals surface area contributed by atoms with Crippen molar-refractivity contribution in [2.75, 3.05) is 56.5 Å². The number of para-hydroxylation sites is 1. The van der Waals surface area contributed by atoms with Crippen molar-refractivity contribution >= 4 is 41.0 Å². The van der Waals surface area contributed by atoms with Gasteiger partial charge >= 0.3 is 12.1 Å². The molecule has 50 heavy (non-hydrogen) atoms. The van der Waals surface area contributed by atoms with Crippen LogP contribution in [0.15, 0.2) is 55.1 Å². The average molecular weight is 686 g/mol. The minimum Gasteiger partial charge on any atom is -0.494 e. The molecule has 6 rings (SSSR count). The number of nitrogens with one attached hydrogen (secondary N) is 3. The third-order valence-corrected chi connectivity index (χ3v) is 10.6. The van der Waals surface area contributed by atoms with Crippen molar-refractivity contribution < 1.29 is 23.9 Å². The van der Waals surface area contributed by atoms with Gasteiger partial charge in [0.1, 0.15) is 11.8 Å². The molecule has 0 aromatic heterocycles. The highest BCUT2D eigenvalue weighted by Gasteiger charge is 2.36. The van der Waals surface area contributed by atoms with E-state index in [2.05, 4.69) is 27.4 Å². The number of urea groups is 2. The number of hydrogen-bond donors (Lipinski definition) is 3. The Kier molecular flexibility index (Phi) is 11.6. The van der Waals surface area contributed by atoms with Gasteiger partial charge in [0.15, 0.2) is 0 Å². The van der Waals surface area contributed by atoms with E-state index in [4.69, 9.17) is 4.74 Å². The van der Waals surface area contributed by atoms with Crippen molar-refractivity contribution in [1.29, 1.82) is 0 Å². The Bertz CT molecular complexity index is 1530. The van der Waals surface area contributed by atoms with Crippen molar-refractivity contribution in [1.82, 2.24) is 24.9 Å². The number of carbonyl (C=O) groups is 4. The zero-order chi connectivity index (χ0) is 35.0. The summed E-state index contributed by atoms with van der Waals surface area (Å²) in [5.74, 6) is 0.135. The standard InChI is InChI=1S/C38H51N7O5/c1-3-50-27(2)28-11-13-30(14-12-28)39-37(48)40-34(36(47)44-23-15-31(16-24-44)42-19-7-4-8-20-42)25-35(46)43-21-17-32(18-22-43)45-26-29-9-5-6-10-33(29)41-38(45)49/h5-6,9-14,31-32,34H,2-4,7-8,15-26H2,1H3,(H,41,49)(H2,39,40,48)/t34-/m0/s1. The minimum atomic E-state index is -1.01. The molecule has 0 bridgehead atoms. The molecule has 0 aliphatic carbocycles. The van der Waals surface area contributed by atoms with E-state index in [1.54, 1.807) is 17.0 Å². The summed E-state index contributed by atoms with van der Waals surface area (Å²) >= 11 is 0. The van der Waals surface area contributed by atoms with E-state index >= 15 is 0 Å². The second kappa shape index (κ2) is 16.4. The molecule has 1 atom stereocenters. The monoisotopic (exact) mass is 685 g/mol. The van der Waals surface area contributed by atoms with Gasteiger partial charge in [-0.2, -0.15) is 0 Å². The number of likely N-dealkylation sites (tertiary alicyclic amines) is 3. The van der Waals surface area contributed by atoms with Crippen LogP contribution in [0.2, 0.25) is 0 Å². The minimum absolute atomic E-state index is 0.00651. The lowest BCUT2D eigenvalue weighted by molar-refractivity contribution is -0.140. The molecular weight excluding hydrogens is 634 g/mol. The van der Waals surface area contributed by atoms with Crippen molar-refractivity contribution in [3.63, 3.8) is 0 Å². The van der Waals surface area contributed by atoms with Crippen LogP contribution < -0.4 is 16.0 Å². The third-order valence-electron chi connectivity index (χ3n) is 10.6. The number of fused-ring (bicyclic) bond motifs is 1. The van der Waals surface area contributed by atoms with Gasteiger partial charge in [0, 0.05) is 61.7 Å². The lowest BCUT2D eigenvalue weighted by Crippen LogP contribution is -2.56. The first-order valence-electron chi connectivity index (χ1n) is 18.2. The molecule has 12 heteroatoms. The van der Waals surface area contributed by atoms with Crippen LogP contribution in [0.25, 0.3) is 5.76 Å². The van der Waals surface area contributed by atoms with Crippen LogP contribution in [0, 0.1) is 0 Å². The maximum absolute atomic E-state index is 14.0. The first-order chi connectivity index (χ1) is 24.3. The SMILES string of the molecule is C=C(OCC)c1ccc(NC(=O)N[C@@H](CC(=O)N2CCC(N3Cc4ccccc4NC3=O)CC2)C(=O)N2CCC(N3CCCCC3)CC2)cc1. The van der Waals surface area contributed by atoms with Crippen LogP contribution in [0.4, 0.5) is 21.0 Å². The Morgan fingerprint density at radius 1 is 0.880 bits per heavy atom. The lowest BCUT2D eigenvalue weighted by atomic mass is 9.98. The van der Waals surface area contributed by atoms with Crippen molar-refractivity contribution in [3.05, 3.63) is 66.2 Å². The summed E-state index contributed by atoms with van der Waals surface area (Å²) in [6.45, 7) is 11.2. The molecule has 3 fully saturated rings. The average Bonchev–Trinajstić information content (AvgIpc) is 3.15. The molecule has 3 saturated heterocycles. The van der Waals surface area contributed by atoms with Gasteiger partial charge in [-0.25, -0.2) is 9.59 Å². The molecule has 4 aliphatic heterocycles. The Balaban J connectivity index is 1.07. The van der Waals surface area contributed by atoms with Crippen molar-refractivity contribution in [3.8, 4) is 0 Å². The van der Waals surface area contributed by atoms with Crippen LogP contribution in [-0.4, -0.2) is 107 Å². The molecule has 2 aromatic carbocycles. The molecular formula is C38H51N7O5. The molecule has 0 spiro atoms. The molecule has 0 saturated carbocycles. The smallest absolute Gasteiger partial charge is 0.322 e. The summed E-state index contributed by atoms with van der Waals surface area (Å²) in [5, 5.41) is 8.64. The highest BCUT2D eigenvalue weighted by atomic mass is 16.5. The maximum atomic E-state index is 14.0. The summed E-state index contributed by atoms with van der Waals surface area (Å²) in [7, 11) is 0. The van der Waals surface area contributed by atoms with Gasteiger partial charge in [0.05, 0.1) is 13.0 Å². The van der Waals surface area contributed by atoms with Gasteiger partial charge in [-0.05, 0) is 94.4 Å². The summed E-state index contributed by atoms with van der Waals surface area (Å²) in [4.78, 5) is 61.9. The van der Waals surface area contributed by atoms with Gasteiger partial charge in [0.2, 0.25) is 11.8 Å². The number of amides is 6. The number of rotatable bonds is 10. The third kappa shape index (κ3) is 8.58.